The third-order valence-electron chi connectivity index (χ3n) is 2.93. The highest BCUT2D eigenvalue weighted by Gasteiger charge is 2.27. The second-order valence-corrected chi connectivity index (χ2v) is 5.96. The van der Waals surface area contributed by atoms with E-state index in [9.17, 15) is 0 Å². The van der Waals surface area contributed by atoms with Gasteiger partial charge in [-0.15, -0.1) is 0 Å². The van der Waals surface area contributed by atoms with E-state index in [1.807, 2.05) is 12.1 Å². The van der Waals surface area contributed by atoms with Gasteiger partial charge in [0.25, 0.3) is 0 Å². The van der Waals surface area contributed by atoms with Crippen LogP contribution >= 0.6 is 31.9 Å². The number of likely N-dealkylation sites (N-methyl/N-ethyl adjacent to an activating group) is 1. The number of benzene rings is 1. The van der Waals surface area contributed by atoms with Gasteiger partial charge in [-0.25, -0.2) is 0 Å². The summed E-state index contributed by atoms with van der Waals surface area (Å²) < 4.78 is 13.5. The van der Waals surface area contributed by atoms with Crippen molar-refractivity contribution in [3.8, 4) is 0 Å². The Labute approximate surface area is 124 Å². The van der Waals surface area contributed by atoms with E-state index in [0.29, 0.717) is 19.8 Å². The van der Waals surface area contributed by atoms with E-state index in [1.165, 1.54) is 5.56 Å². The summed E-state index contributed by atoms with van der Waals surface area (Å²) in [6.45, 7) is 4.98. The lowest BCUT2D eigenvalue weighted by atomic mass is 10.0. The van der Waals surface area contributed by atoms with Crippen molar-refractivity contribution in [1.29, 1.82) is 0 Å². The van der Waals surface area contributed by atoms with Gasteiger partial charge in [0.2, 0.25) is 0 Å². The van der Waals surface area contributed by atoms with Crippen molar-refractivity contribution in [1.82, 2.24) is 5.32 Å². The largest absolute Gasteiger partial charge is 0.376 e. The molecule has 0 aromatic heterocycles. The number of hydrogen-bond donors (Lipinski definition) is 1. The highest BCUT2D eigenvalue weighted by molar-refractivity contribution is 9.11. The Morgan fingerprint density at radius 2 is 2.22 bits per heavy atom. The lowest BCUT2D eigenvalue weighted by molar-refractivity contribution is -0.102. The van der Waals surface area contributed by atoms with E-state index in [0.717, 1.165) is 15.5 Å². The van der Waals surface area contributed by atoms with Crippen LogP contribution in [0.4, 0.5) is 0 Å². The van der Waals surface area contributed by atoms with Crippen LogP contribution in [0.2, 0.25) is 0 Å². The molecule has 0 amide bonds. The Balaban J connectivity index is 2.24. The monoisotopic (exact) mass is 377 g/mol. The molecule has 0 bridgehead atoms. The van der Waals surface area contributed by atoms with Crippen LogP contribution in [0.3, 0.4) is 0 Å². The molecule has 1 aliphatic heterocycles. The van der Waals surface area contributed by atoms with Crippen molar-refractivity contribution in [2.45, 2.75) is 19.1 Å². The first-order valence-electron chi connectivity index (χ1n) is 6.10. The highest BCUT2D eigenvalue weighted by Crippen LogP contribution is 2.30. The summed E-state index contributed by atoms with van der Waals surface area (Å²) in [6, 6.07) is 6.33. The van der Waals surface area contributed by atoms with Gasteiger partial charge in [0.05, 0.1) is 25.9 Å². The molecule has 100 valence electrons. The standard InChI is InChI=1S/C13H17Br2NO2/c1-2-16-13(12-8-17-5-6-18-12)10-7-9(14)3-4-11(10)15/h3-4,7,12-13,16H,2,5-6,8H2,1H3. The number of halogens is 2. The second kappa shape index (κ2) is 7.01. The van der Waals surface area contributed by atoms with E-state index in [4.69, 9.17) is 9.47 Å². The van der Waals surface area contributed by atoms with Gasteiger partial charge in [0.1, 0.15) is 6.10 Å². The average molecular weight is 379 g/mol. The van der Waals surface area contributed by atoms with Crippen molar-refractivity contribution < 1.29 is 9.47 Å². The molecular weight excluding hydrogens is 362 g/mol. The molecule has 0 spiro atoms. The van der Waals surface area contributed by atoms with Crippen LogP contribution in [-0.2, 0) is 9.47 Å². The van der Waals surface area contributed by atoms with Gasteiger partial charge in [0.15, 0.2) is 0 Å². The summed E-state index contributed by atoms with van der Waals surface area (Å²) in [7, 11) is 0. The van der Waals surface area contributed by atoms with Crippen LogP contribution in [0.1, 0.15) is 18.5 Å². The fraction of sp³-hybridized carbons (Fsp3) is 0.538. The molecule has 0 saturated carbocycles. The Bertz CT molecular complexity index is 395. The van der Waals surface area contributed by atoms with Crippen molar-refractivity contribution in [3.63, 3.8) is 0 Å². The fourth-order valence-corrected chi connectivity index (χ4v) is 2.99. The molecule has 1 aromatic rings. The van der Waals surface area contributed by atoms with Crippen LogP contribution in [0.25, 0.3) is 0 Å². The first-order valence-corrected chi connectivity index (χ1v) is 7.68. The van der Waals surface area contributed by atoms with Gasteiger partial charge < -0.3 is 14.8 Å². The van der Waals surface area contributed by atoms with E-state index in [1.54, 1.807) is 0 Å². The molecule has 1 aliphatic rings. The Hall–Kier alpha value is 0.0600. The molecule has 0 aliphatic carbocycles. The maximum atomic E-state index is 5.82. The Kier molecular flexibility index (Phi) is 5.63. The molecule has 2 rings (SSSR count). The van der Waals surface area contributed by atoms with Crippen LogP contribution in [0.15, 0.2) is 27.1 Å². The zero-order chi connectivity index (χ0) is 13.0. The summed E-state index contributed by atoms with van der Waals surface area (Å²) in [5.41, 5.74) is 1.20. The maximum Gasteiger partial charge on any atom is 0.100 e. The summed E-state index contributed by atoms with van der Waals surface area (Å²) in [5.74, 6) is 0. The van der Waals surface area contributed by atoms with Gasteiger partial charge in [-0.2, -0.15) is 0 Å². The van der Waals surface area contributed by atoms with E-state index >= 15 is 0 Å². The minimum atomic E-state index is 0.0595. The van der Waals surface area contributed by atoms with Crippen molar-refractivity contribution in [2.75, 3.05) is 26.4 Å². The average Bonchev–Trinajstić information content (AvgIpc) is 2.40. The summed E-state index contributed by atoms with van der Waals surface area (Å²) in [4.78, 5) is 0. The quantitative estimate of drug-likeness (QED) is 0.872. The predicted molar refractivity (Wildman–Crippen MR) is 78.8 cm³/mol. The molecule has 2 atom stereocenters. The molecule has 1 N–H and O–H groups in total. The molecule has 1 heterocycles. The van der Waals surface area contributed by atoms with Crippen molar-refractivity contribution in [3.05, 3.63) is 32.7 Å². The topological polar surface area (TPSA) is 30.5 Å². The first kappa shape index (κ1) is 14.5. The molecule has 5 heteroatoms. The number of nitrogens with one attached hydrogen (secondary N) is 1. The number of hydrogen-bond acceptors (Lipinski definition) is 3. The Morgan fingerprint density at radius 1 is 1.39 bits per heavy atom. The van der Waals surface area contributed by atoms with E-state index < -0.39 is 0 Å². The molecule has 2 unspecified atom stereocenters. The molecule has 1 fully saturated rings. The summed E-state index contributed by atoms with van der Waals surface area (Å²) >= 11 is 7.13. The number of ether oxygens (including phenoxy) is 2. The van der Waals surface area contributed by atoms with Crippen LogP contribution in [0, 0.1) is 0 Å². The van der Waals surface area contributed by atoms with Crippen LogP contribution in [-0.4, -0.2) is 32.5 Å². The van der Waals surface area contributed by atoms with Gasteiger partial charge in [-0.05, 0) is 30.3 Å². The normalized spacial score (nSPS) is 21.8. The molecular formula is C13H17Br2NO2. The van der Waals surface area contributed by atoms with E-state index in [-0.39, 0.29) is 12.1 Å². The molecule has 18 heavy (non-hydrogen) atoms. The van der Waals surface area contributed by atoms with Crippen LogP contribution < -0.4 is 5.32 Å². The first-order chi connectivity index (χ1) is 8.72. The van der Waals surface area contributed by atoms with E-state index in [2.05, 4.69) is 50.2 Å². The lowest BCUT2D eigenvalue weighted by Crippen LogP contribution is -2.40. The van der Waals surface area contributed by atoms with Gasteiger partial charge >= 0.3 is 0 Å². The highest BCUT2D eigenvalue weighted by atomic mass is 79.9. The lowest BCUT2D eigenvalue weighted by Gasteiger charge is -2.32. The van der Waals surface area contributed by atoms with Crippen molar-refractivity contribution >= 4 is 31.9 Å². The molecule has 3 nitrogen and oxygen atoms in total. The number of rotatable bonds is 4. The SMILES string of the molecule is CCNC(c1cc(Br)ccc1Br)C1COCCO1. The van der Waals surface area contributed by atoms with Gasteiger partial charge in [0, 0.05) is 8.95 Å². The zero-order valence-electron chi connectivity index (χ0n) is 10.3. The van der Waals surface area contributed by atoms with Gasteiger partial charge in [-0.3, -0.25) is 0 Å². The second-order valence-electron chi connectivity index (χ2n) is 4.19. The minimum Gasteiger partial charge on any atom is -0.376 e. The maximum absolute atomic E-state index is 5.82. The summed E-state index contributed by atoms with van der Waals surface area (Å²) in [5, 5.41) is 3.48. The third kappa shape index (κ3) is 3.54. The molecule has 1 aromatic carbocycles. The Morgan fingerprint density at radius 3 is 2.89 bits per heavy atom. The smallest absolute Gasteiger partial charge is 0.100 e. The molecule has 1 saturated heterocycles. The van der Waals surface area contributed by atoms with Crippen molar-refractivity contribution in [2.24, 2.45) is 0 Å². The minimum absolute atomic E-state index is 0.0595. The summed E-state index contributed by atoms with van der Waals surface area (Å²) in [6.07, 6.45) is 0.0595. The van der Waals surface area contributed by atoms with Gasteiger partial charge in [-0.1, -0.05) is 38.8 Å². The zero-order valence-corrected chi connectivity index (χ0v) is 13.5. The predicted octanol–water partition coefficient (Wildman–Crippen LogP) is 3.28. The van der Waals surface area contributed by atoms with Crippen LogP contribution in [0.5, 0.6) is 0 Å². The molecule has 0 radical (unpaired) electrons. The fourth-order valence-electron chi connectivity index (χ4n) is 2.11. The third-order valence-corrected chi connectivity index (χ3v) is 4.15.